The summed E-state index contributed by atoms with van der Waals surface area (Å²) in [6.07, 6.45) is 0. The number of carbonyl (C=O) groups excluding carboxylic acids is 1. The molecule has 0 spiro atoms. The molecule has 0 aliphatic rings. The number of carbonyl (C=O) groups is 1. The molecule has 0 amide bonds. The average Bonchev–Trinajstić information content (AvgIpc) is 2.58. The van der Waals surface area contributed by atoms with Crippen LogP contribution in [-0.4, -0.2) is 30.8 Å². The molecule has 0 atom stereocenters. The standard InChI is InChI=1S/C18H21N3O3/c1-3-19-10-11-24-18(23)14-6-4-5-7-15(14)20-21-16-9-8-13(2)12-17(16)22/h4-9,12,19,22H,3,10-11H2,1-2H3/b21-20+. The Balaban J connectivity index is 2.13. The number of benzene rings is 2. The summed E-state index contributed by atoms with van der Waals surface area (Å²) in [6, 6.07) is 11.9. The first kappa shape index (κ1) is 17.6. The summed E-state index contributed by atoms with van der Waals surface area (Å²) >= 11 is 0. The first-order valence-electron chi connectivity index (χ1n) is 7.80. The highest BCUT2D eigenvalue weighted by Crippen LogP contribution is 2.29. The van der Waals surface area contributed by atoms with Gasteiger partial charge in [0, 0.05) is 6.54 Å². The molecule has 0 saturated carbocycles. The number of nitrogens with zero attached hydrogens (tertiary/aromatic N) is 2. The fraction of sp³-hybridized carbons (Fsp3) is 0.278. The predicted octanol–water partition coefficient (Wildman–Crippen LogP) is 3.88. The summed E-state index contributed by atoms with van der Waals surface area (Å²) in [4.78, 5) is 12.2. The summed E-state index contributed by atoms with van der Waals surface area (Å²) in [5, 5.41) is 21.0. The van der Waals surface area contributed by atoms with Gasteiger partial charge in [0.1, 0.15) is 23.7 Å². The smallest absolute Gasteiger partial charge is 0.340 e. The van der Waals surface area contributed by atoms with Crippen molar-refractivity contribution in [2.24, 2.45) is 10.2 Å². The van der Waals surface area contributed by atoms with E-state index in [1.54, 1.807) is 36.4 Å². The van der Waals surface area contributed by atoms with Gasteiger partial charge in [-0.1, -0.05) is 25.1 Å². The quantitative estimate of drug-likeness (QED) is 0.459. The fourth-order valence-corrected chi connectivity index (χ4v) is 2.03. The zero-order chi connectivity index (χ0) is 17.4. The van der Waals surface area contributed by atoms with E-state index in [4.69, 9.17) is 4.74 Å². The van der Waals surface area contributed by atoms with Crippen LogP contribution in [0.1, 0.15) is 22.8 Å². The van der Waals surface area contributed by atoms with Crippen molar-refractivity contribution in [1.29, 1.82) is 0 Å². The van der Waals surface area contributed by atoms with Crippen LogP contribution in [0.25, 0.3) is 0 Å². The van der Waals surface area contributed by atoms with E-state index in [2.05, 4.69) is 15.5 Å². The lowest BCUT2D eigenvalue weighted by atomic mass is 10.2. The second-order valence-corrected chi connectivity index (χ2v) is 5.20. The molecule has 0 aliphatic heterocycles. The van der Waals surface area contributed by atoms with Gasteiger partial charge < -0.3 is 15.2 Å². The minimum Gasteiger partial charge on any atom is -0.506 e. The molecule has 126 valence electrons. The zero-order valence-electron chi connectivity index (χ0n) is 13.8. The first-order valence-corrected chi connectivity index (χ1v) is 7.80. The Bertz CT molecular complexity index is 729. The van der Waals surface area contributed by atoms with Gasteiger partial charge in [0.05, 0.1) is 5.56 Å². The summed E-state index contributed by atoms with van der Waals surface area (Å²) in [5.41, 5.74) is 2.00. The Labute approximate surface area is 141 Å². The summed E-state index contributed by atoms with van der Waals surface area (Å²) in [5.74, 6) is -0.403. The third kappa shape index (κ3) is 4.89. The lowest BCUT2D eigenvalue weighted by Crippen LogP contribution is -2.20. The van der Waals surface area contributed by atoms with Crippen molar-refractivity contribution in [2.75, 3.05) is 19.7 Å². The van der Waals surface area contributed by atoms with Crippen molar-refractivity contribution in [1.82, 2.24) is 5.32 Å². The molecule has 0 saturated heterocycles. The van der Waals surface area contributed by atoms with Crippen molar-refractivity contribution in [3.8, 4) is 5.75 Å². The number of likely N-dealkylation sites (N-methyl/N-ethyl adjacent to an activating group) is 1. The third-order valence-electron chi connectivity index (χ3n) is 3.28. The molecule has 6 heteroatoms. The Morgan fingerprint density at radius 3 is 2.67 bits per heavy atom. The van der Waals surface area contributed by atoms with Gasteiger partial charge in [-0.3, -0.25) is 0 Å². The molecule has 2 N–H and O–H groups in total. The lowest BCUT2D eigenvalue weighted by molar-refractivity contribution is 0.0510. The van der Waals surface area contributed by atoms with Crippen LogP contribution in [0.4, 0.5) is 11.4 Å². The number of azo groups is 1. The topological polar surface area (TPSA) is 83.3 Å². The number of aromatic hydroxyl groups is 1. The predicted molar refractivity (Wildman–Crippen MR) is 92.3 cm³/mol. The number of hydrogen-bond acceptors (Lipinski definition) is 6. The lowest BCUT2D eigenvalue weighted by Gasteiger charge is -2.07. The third-order valence-corrected chi connectivity index (χ3v) is 3.28. The highest BCUT2D eigenvalue weighted by atomic mass is 16.5. The summed E-state index contributed by atoms with van der Waals surface area (Å²) in [6.45, 7) is 5.57. The summed E-state index contributed by atoms with van der Waals surface area (Å²) < 4.78 is 5.21. The van der Waals surface area contributed by atoms with E-state index in [1.807, 2.05) is 19.9 Å². The molecule has 0 heterocycles. The highest BCUT2D eigenvalue weighted by molar-refractivity contribution is 5.94. The largest absolute Gasteiger partial charge is 0.506 e. The maximum absolute atomic E-state index is 12.2. The summed E-state index contributed by atoms with van der Waals surface area (Å²) in [7, 11) is 0. The number of aryl methyl sites for hydroxylation is 1. The monoisotopic (exact) mass is 327 g/mol. The van der Waals surface area contributed by atoms with E-state index in [1.165, 1.54) is 0 Å². The minimum absolute atomic E-state index is 0.0458. The second kappa shape index (κ2) is 8.79. The van der Waals surface area contributed by atoms with Gasteiger partial charge in [-0.25, -0.2) is 4.79 Å². The number of esters is 1. The maximum atomic E-state index is 12.2. The van der Waals surface area contributed by atoms with Gasteiger partial charge in [0.15, 0.2) is 0 Å². The molecule has 0 aliphatic carbocycles. The number of ether oxygens (including phenoxy) is 1. The normalized spacial score (nSPS) is 10.9. The van der Waals surface area contributed by atoms with Gasteiger partial charge in [0.25, 0.3) is 0 Å². The van der Waals surface area contributed by atoms with Gasteiger partial charge in [-0.2, -0.15) is 0 Å². The minimum atomic E-state index is -0.449. The van der Waals surface area contributed by atoms with Crippen molar-refractivity contribution in [3.05, 3.63) is 53.6 Å². The Kier molecular flexibility index (Phi) is 6.45. The van der Waals surface area contributed by atoms with Gasteiger partial charge >= 0.3 is 5.97 Å². The highest BCUT2D eigenvalue weighted by Gasteiger charge is 2.12. The van der Waals surface area contributed by atoms with Crippen molar-refractivity contribution < 1.29 is 14.6 Å². The number of phenolic OH excluding ortho intramolecular Hbond substituents is 1. The number of hydrogen-bond donors (Lipinski definition) is 2. The molecular formula is C18H21N3O3. The van der Waals surface area contributed by atoms with Crippen LogP contribution in [0.15, 0.2) is 52.7 Å². The van der Waals surface area contributed by atoms with E-state index in [0.29, 0.717) is 23.5 Å². The van der Waals surface area contributed by atoms with Crippen LogP contribution in [0.5, 0.6) is 5.75 Å². The van der Waals surface area contributed by atoms with Crippen molar-refractivity contribution >= 4 is 17.3 Å². The molecule has 0 bridgehead atoms. The van der Waals surface area contributed by atoms with Crippen molar-refractivity contribution in [3.63, 3.8) is 0 Å². The number of rotatable bonds is 7. The molecule has 6 nitrogen and oxygen atoms in total. The van der Waals surface area contributed by atoms with Crippen LogP contribution in [0.3, 0.4) is 0 Å². The average molecular weight is 327 g/mol. The van der Waals surface area contributed by atoms with Gasteiger partial charge in [-0.15, -0.1) is 10.2 Å². The molecular weight excluding hydrogens is 306 g/mol. The molecule has 2 rings (SSSR count). The molecule has 0 fully saturated rings. The van der Waals surface area contributed by atoms with Crippen LogP contribution in [0, 0.1) is 6.92 Å². The molecule has 2 aromatic carbocycles. The van der Waals surface area contributed by atoms with E-state index < -0.39 is 5.97 Å². The maximum Gasteiger partial charge on any atom is 0.340 e. The molecule has 0 radical (unpaired) electrons. The van der Waals surface area contributed by atoms with Crippen molar-refractivity contribution in [2.45, 2.75) is 13.8 Å². The van der Waals surface area contributed by atoms with E-state index in [-0.39, 0.29) is 12.4 Å². The van der Waals surface area contributed by atoms with E-state index in [9.17, 15) is 9.90 Å². The second-order valence-electron chi connectivity index (χ2n) is 5.20. The van der Waals surface area contributed by atoms with Gasteiger partial charge in [0.2, 0.25) is 0 Å². The van der Waals surface area contributed by atoms with Gasteiger partial charge in [-0.05, 0) is 43.3 Å². The van der Waals surface area contributed by atoms with E-state index in [0.717, 1.165) is 12.1 Å². The number of nitrogens with one attached hydrogen (secondary N) is 1. The molecule has 24 heavy (non-hydrogen) atoms. The molecule has 0 unspecified atom stereocenters. The Morgan fingerprint density at radius 1 is 1.17 bits per heavy atom. The van der Waals surface area contributed by atoms with E-state index >= 15 is 0 Å². The zero-order valence-corrected chi connectivity index (χ0v) is 13.8. The Hall–Kier alpha value is -2.73. The Morgan fingerprint density at radius 2 is 1.92 bits per heavy atom. The fourth-order valence-electron chi connectivity index (χ4n) is 2.03. The van der Waals surface area contributed by atoms with Crippen LogP contribution in [-0.2, 0) is 4.74 Å². The molecule has 2 aromatic rings. The first-order chi connectivity index (χ1) is 11.6. The van der Waals surface area contributed by atoms with Crippen LogP contribution >= 0.6 is 0 Å². The SMILES string of the molecule is CCNCCOC(=O)c1ccccc1/N=N/c1ccc(C)cc1O. The van der Waals surface area contributed by atoms with Crippen LogP contribution in [0.2, 0.25) is 0 Å². The number of phenols is 1. The van der Waals surface area contributed by atoms with Crippen LogP contribution < -0.4 is 5.32 Å². The molecule has 0 aromatic heterocycles.